The van der Waals surface area contributed by atoms with Gasteiger partial charge in [0.1, 0.15) is 29.9 Å². The predicted octanol–water partition coefficient (Wildman–Crippen LogP) is 1.15. The van der Waals surface area contributed by atoms with Crippen molar-refractivity contribution in [3.8, 4) is 5.75 Å². The van der Waals surface area contributed by atoms with Gasteiger partial charge in [0.2, 0.25) is 11.9 Å². The van der Waals surface area contributed by atoms with E-state index >= 15 is 0 Å². The number of aromatic nitrogens is 2. The Morgan fingerprint density at radius 3 is 2.40 bits per heavy atom. The molecule has 3 fully saturated rings. The van der Waals surface area contributed by atoms with Crippen LogP contribution in [0, 0.1) is 23.1 Å². The summed E-state index contributed by atoms with van der Waals surface area (Å²) in [7, 11) is 0. The monoisotopic (exact) mass is 679 g/mol. The lowest BCUT2D eigenvalue weighted by Gasteiger charge is -2.52. The number of rotatable bonds is 16. The first kappa shape index (κ1) is 35.7. The number of carbonyl (C=O) groups excluding carboxylic acids is 1. The molecule has 47 heavy (non-hydrogen) atoms. The number of nitrogens with one attached hydrogen (secondary N) is 1. The van der Waals surface area contributed by atoms with Gasteiger partial charge in [-0.05, 0) is 61.5 Å². The molecule has 260 valence electrons. The van der Waals surface area contributed by atoms with E-state index in [0.29, 0.717) is 53.9 Å². The van der Waals surface area contributed by atoms with Crippen LogP contribution in [0.5, 0.6) is 5.75 Å². The van der Waals surface area contributed by atoms with Gasteiger partial charge in [-0.25, -0.2) is 14.4 Å². The van der Waals surface area contributed by atoms with E-state index in [2.05, 4.69) is 20.2 Å². The molecule has 2 saturated heterocycles. The van der Waals surface area contributed by atoms with Crippen LogP contribution in [0.25, 0.3) is 0 Å². The number of halogens is 2. The third-order valence-corrected chi connectivity index (χ3v) is 10.2. The van der Waals surface area contributed by atoms with Crippen molar-refractivity contribution < 1.29 is 39.5 Å². The number of benzene rings is 1. The molecule has 1 aromatic heterocycles. The van der Waals surface area contributed by atoms with Gasteiger partial charge in [0.25, 0.3) is 0 Å². The third kappa shape index (κ3) is 9.28. The highest BCUT2D eigenvalue weighted by atomic mass is 35.5. The fraction of sp³-hybridized carbons (Fsp3) is 0.667. The number of nitrogens with zero attached hydrogens (tertiary/aromatic N) is 4. The molecule has 2 aliphatic heterocycles. The van der Waals surface area contributed by atoms with Crippen LogP contribution in [0.2, 0.25) is 5.02 Å². The number of likely N-dealkylation sites (tertiary alicyclic amines) is 1. The number of anilines is 1. The number of piperidine rings is 1. The smallest absolute Gasteiger partial charge is 0.227 e. The summed E-state index contributed by atoms with van der Waals surface area (Å²) in [5.74, 6) is 1.40. The number of aliphatic hydroxyl groups excluding tert-OH is 5. The van der Waals surface area contributed by atoms with E-state index in [0.717, 1.165) is 44.7 Å². The lowest BCUT2D eigenvalue weighted by Crippen LogP contribution is -2.55. The maximum atomic E-state index is 14.8. The molecule has 0 radical (unpaired) electrons. The molecule has 14 heteroatoms. The van der Waals surface area contributed by atoms with Crippen molar-refractivity contribution in [2.24, 2.45) is 17.3 Å². The van der Waals surface area contributed by atoms with Crippen molar-refractivity contribution in [2.75, 3.05) is 57.4 Å². The highest BCUT2D eigenvalue weighted by molar-refractivity contribution is 6.30. The molecule has 0 bridgehead atoms. The van der Waals surface area contributed by atoms with Gasteiger partial charge >= 0.3 is 0 Å². The summed E-state index contributed by atoms with van der Waals surface area (Å²) < 4.78 is 20.6. The topological polar surface area (TPSA) is 172 Å². The lowest BCUT2D eigenvalue weighted by molar-refractivity contribution is -0.136. The second-order valence-corrected chi connectivity index (χ2v) is 13.9. The van der Waals surface area contributed by atoms with Gasteiger partial charge in [0, 0.05) is 51.3 Å². The molecule has 4 unspecified atom stereocenters. The summed E-state index contributed by atoms with van der Waals surface area (Å²) in [5.41, 5.74) is 0.753. The van der Waals surface area contributed by atoms with E-state index in [1.165, 1.54) is 18.9 Å². The maximum Gasteiger partial charge on any atom is 0.227 e. The largest absolute Gasteiger partial charge is 0.493 e. The highest BCUT2D eigenvalue weighted by Gasteiger charge is 2.45. The van der Waals surface area contributed by atoms with E-state index in [1.807, 2.05) is 0 Å². The Morgan fingerprint density at radius 2 is 1.74 bits per heavy atom. The Hall–Kier alpha value is -2.65. The number of aliphatic hydroxyl groups is 5. The summed E-state index contributed by atoms with van der Waals surface area (Å²) in [6.07, 6.45) is 3.83. The standard InChI is InChI=1S/C33H47ClFN5O7/c34-24-15-37-32(38-16-24)39-7-5-33(6-8-39)12-21(13-33)2-1-9-47-25-4-3-23(26(35)11-25)10-29(44)40-18-22(19-40)14-36-17-27(42)30(45)31(46)28(43)20-41/h3-4,11,15-16,21-22,27-28,30-31,36,41-43,45-46H,1-2,5-10,12-14,17-20H2. The van der Waals surface area contributed by atoms with Gasteiger partial charge in [0.05, 0.1) is 43.2 Å². The fourth-order valence-electron chi connectivity index (χ4n) is 7.05. The Kier molecular flexibility index (Phi) is 12.3. The molecule has 1 amide bonds. The number of hydrogen-bond acceptors (Lipinski definition) is 11. The van der Waals surface area contributed by atoms with Gasteiger partial charge in [-0.3, -0.25) is 4.79 Å². The van der Waals surface area contributed by atoms with Crippen LogP contribution in [-0.4, -0.2) is 123 Å². The summed E-state index contributed by atoms with van der Waals surface area (Å²) >= 11 is 5.91. The fourth-order valence-corrected chi connectivity index (χ4v) is 7.14. The summed E-state index contributed by atoms with van der Waals surface area (Å²) in [6.45, 7) is 3.11. The van der Waals surface area contributed by atoms with E-state index in [9.17, 15) is 29.6 Å². The van der Waals surface area contributed by atoms with Gasteiger partial charge in [-0.2, -0.15) is 0 Å². The van der Waals surface area contributed by atoms with E-state index < -0.39 is 36.8 Å². The van der Waals surface area contributed by atoms with Crippen LogP contribution in [0.1, 0.15) is 44.1 Å². The van der Waals surface area contributed by atoms with Crippen molar-refractivity contribution in [2.45, 2.75) is 69.4 Å². The SMILES string of the molecule is O=C(Cc1ccc(OCCCC2CC3(CCN(c4ncc(Cl)cn4)CC3)C2)cc1F)N1CC(CNCC(O)C(O)C(O)C(O)CO)C1. The van der Waals surface area contributed by atoms with Crippen molar-refractivity contribution in [3.05, 3.63) is 47.0 Å². The minimum atomic E-state index is -1.67. The molecule has 6 N–H and O–H groups in total. The summed E-state index contributed by atoms with van der Waals surface area (Å²) in [4.78, 5) is 25.3. The zero-order valence-electron chi connectivity index (χ0n) is 26.6. The van der Waals surface area contributed by atoms with Gasteiger partial charge in [-0.1, -0.05) is 17.7 Å². The molecule has 2 aromatic rings. The van der Waals surface area contributed by atoms with Crippen LogP contribution >= 0.6 is 11.6 Å². The molecular formula is C33H47ClFN5O7. The normalized spacial score (nSPS) is 20.7. The van der Waals surface area contributed by atoms with Crippen molar-refractivity contribution in [3.63, 3.8) is 0 Å². The van der Waals surface area contributed by atoms with Gasteiger partial charge in [0.15, 0.2) is 0 Å². The second-order valence-electron chi connectivity index (χ2n) is 13.5. The third-order valence-electron chi connectivity index (χ3n) is 9.97. The first-order valence-electron chi connectivity index (χ1n) is 16.5. The molecule has 3 aliphatic rings. The Labute approximate surface area is 279 Å². The van der Waals surface area contributed by atoms with Crippen molar-refractivity contribution in [1.29, 1.82) is 0 Å². The Balaban J connectivity index is 0.925. The summed E-state index contributed by atoms with van der Waals surface area (Å²) in [6, 6.07) is 4.66. The van der Waals surface area contributed by atoms with Crippen LogP contribution in [-0.2, 0) is 11.2 Å². The maximum absolute atomic E-state index is 14.8. The summed E-state index contributed by atoms with van der Waals surface area (Å²) in [5, 5.41) is 51.3. The average molecular weight is 680 g/mol. The molecule has 12 nitrogen and oxygen atoms in total. The quantitative estimate of drug-likeness (QED) is 0.141. The number of carbonyl (C=O) groups is 1. The van der Waals surface area contributed by atoms with Crippen molar-refractivity contribution in [1.82, 2.24) is 20.2 Å². The predicted molar refractivity (Wildman–Crippen MR) is 173 cm³/mol. The van der Waals surface area contributed by atoms with Crippen LogP contribution < -0.4 is 15.0 Å². The zero-order valence-corrected chi connectivity index (χ0v) is 27.3. The molecule has 3 heterocycles. The van der Waals surface area contributed by atoms with Gasteiger partial charge < -0.3 is 45.4 Å². The first-order valence-corrected chi connectivity index (χ1v) is 16.9. The molecule has 5 rings (SSSR count). The number of amides is 1. The number of ether oxygens (including phenoxy) is 1. The minimum Gasteiger partial charge on any atom is -0.493 e. The number of hydrogen-bond donors (Lipinski definition) is 6. The molecular weight excluding hydrogens is 633 g/mol. The van der Waals surface area contributed by atoms with Crippen molar-refractivity contribution >= 4 is 23.5 Å². The van der Waals surface area contributed by atoms with Crippen LogP contribution in [0.15, 0.2) is 30.6 Å². The Bertz CT molecular complexity index is 1300. The molecule has 1 saturated carbocycles. The van der Waals surface area contributed by atoms with E-state index in [4.69, 9.17) is 21.4 Å². The lowest BCUT2D eigenvalue weighted by atomic mass is 9.56. The van der Waals surface area contributed by atoms with Gasteiger partial charge in [-0.15, -0.1) is 0 Å². The molecule has 1 spiro atoms. The van der Waals surface area contributed by atoms with Crippen LogP contribution in [0.4, 0.5) is 10.3 Å². The molecule has 1 aromatic carbocycles. The second kappa shape index (κ2) is 16.2. The first-order chi connectivity index (χ1) is 22.6. The molecule has 1 aliphatic carbocycles. The zero-order chi connectivity index (χ0) is 33.6. The average Bonchev–Trinajstić information content (AvgIpc) is 3.03. The Morgan fingerprint density at radius 1 is 1.06 bits per heavy atom. The molecule has 4 atom stereocenters. The minimum absolute atomic E-state index is 0.0380. The van der Waals surface area contributed by atoms with E-state index in [1.54, 1.807) is 29.4 Å². The van der Waals surface area contributed by atoms with Crippen LogP contribution in [0.3, 0.4) is 0 Å². The van der Waals surface area contributed by atoms with E-state index in [-0.39, 0.29) is 24.8 Å². The highest BCUT2D eigenvalue weighted by Crippen LogP contribution is 2.54.